The normalized spacial score (nSPS) is 11.5. The number of alkyl halides is 3. The molecule has 2 aromatic heterocycles. The van der Waals surface area contributed by atoms with Gasteiger partial charge < -0.3 is 10.1 Å². The van der Waals surface area contributed by atoms with Gasteiger partial charge in [-0.05, 0) is 36.8 Å². The first-order valence-electron chi connectivity index (χ1n) is 7.85. The van der Waals surface area contributed by atoms with Crippen LogP contribution >= 0.6 is 0 Å². The van der Waals surface area contributed by atoms with Crippen molar-refractivity contribution in [2.75, 3.05) is 5.32 Å². The summed E-state index contributed by atoms with van der Waals surface area (Å²) >= 11 is 0. The molecule has 1 N–H and O–H groups in total. The summed E-state index contributed by atoms with van der Waals surface area (Å²) in [6.07, 6.45) is -2.39. The van der Waals surface area contributed by atoms with Crippen LogP contribution in [0.25, 0.3) is 11.0 Å². The van der Waals surface area contributed by atoms with Crippen LogP contribution in [0.4, 0.5) is 24.8 Å². The summed E-state index contributed by atoms with van der Waals surface area (Å²) in [5.41, 5.74) is 0.825. The SMILES string of the molecule is CCCn1c(=O)ccc2cnc(Nc3ccc(OC(F)(F)F)cc3)nc21. The fraction of sp³-hybridized carbons (Fsp3) is 0.235. The number of fused-ring (bicyclic) bond motifs is 1. The van der Waals surface area contributed by atoms with Gasteiger partial charge in [0.05, 0.1) is 0 Å². The molecule has 3 aromatic rings. The number of hydrogen-bond acceptors (Lipinski definition) is 5. The van der Waals surface area contributed by atoms with Crippen LogP contribution in [-0.2, 0) is 6.54 Å². The summed E-state index contributed by atoms with van der Waals surface area (Å²) in [5, 5.41) is 3.62. The summed E-state index contributed by atoms with van der Waals surface area (Å²) in [7, 11) is 0. The van der Waals surface area contributed by atoms with Crippen molar-refractivity contribution in [2.24, 2.45) is 0 Å². The van der Waals surface area contributed by atoms with E-state index < -0.39 is 6.36 Å². The Balaban J connectivity index is 1.87. The molecule has 6 nitrogen and oxygen atoms in total. The van der Waals surface area contributed by atoms with Gasteiger partial charge in [0.25, 0.3) is 5.56 Å². The molecule has 0 bridgehead atoms. The van der Waals surface area contributed by atoms with Gasteiger partial charge in [0, 0.05) is 29.9 Å². The summed E-state index contributed by atoms with van der Waals surface area (Å²) in [5.74, 6) is -0.0864. The van der Waals surface area contributed by atoms with E-state index in [1.807, 2.05) is 6.92 Å². The van der Waals surface area contributed by atoms with Gasteiger partial charge in [-0.15, -0.1) is 13.2 Å². The van der Waals surface area contributed by atoms with Gasteiger partial charge in [-0.25, -0.2) is 4.98 Å². The maximum atomic E-state index is 12.2. The van der Waals surface area contributed by atoms with Crippen LogP contribution in [0, 0.1) is 0 Å². The van der Waals surface area contributed by atoms with Crippen molar-refractivity contribution in [1.82, 2.24) is 14.5 Å². The molecule has 0 aliphatic rings. The Hall–Kier alpha value is -3.10. The highest BCUT2D eigenvalue weighted by molar-refractivity contribution is 5.75. The molecule has 0 aliphatic heterocycles. The number of halogens is 3. The monoisotopic (exact) mass is 364 g/mol. The molecule has 3 rings (SSSR count). The standard InChI is InChI=1S/C17H15F3N4O2/c1-2-9-24-14(25)8-3-11-10-21-16(23-15(11)24)22-12-4-6-13(7-5-12)26-17(18,19)20/h3-8,10H,2,9H2,1H3,(H,21,22,23). The molecule has 1 aromatic carbocycles. The molecule has 0 spiro atoms. The number of ether oxygens (including phenoxy) is 1. The molecule has 0 saturated carbocycles. The lowest BCUT2D eigenvalue weighted by atomic mass is 10.3. The molecule has 0 aliphatic carbocycles. The van der Waals surface area contributed by atoms with Gasteiger partial charge in [0.2, 0.25) is 5.95 Å². The number of rotatable bonds is 5. The van der Waals surface area contributed by atoms with E-state index >= 15 is 0 Å². The Labute approximate surface area is 146 Å². The molecule has 2 heterocycles. The van der Waals surface area contributed by atoms with Gasteiger partial charge in [-0.2, -0.15) is 4.98 Å². The van der Waals surface area contributed by atoms with E-state index in [1.54, 1.807) is 16.8 Å². The highest BCUT2D eigenvalue weighted by Crippen LogP contribution is 2.25. The third kappa shape index (κ3) is 4.11. The first-order chi connectivity index (χ1) is 12.4. The topological polar surface area (TPSA) is 69.0 Å². The van der Waals surface area contributed by atoms with Gasteiger partial charge in [0.15, 0.2) is 0 Å². The second-order valence-electron chi connectivity index (χ2n) is 5.49. The summed E-state index contributed by atoms with van der Waals surface area (Å²) in [6.45, 7) is 2.48. The highest BCUT2D eigenvalue weighted by Gasteiger charge is 2.30. The van der Waals surface area contributed by atoms with Crippen LogP contribution in [0.1, 0.15) is 13.3 Å². The predicted octanol–water partition coefficient (Wildman–Crippen LogP) is 3.84. The molecule has 9 heteroatoms. The molecule has 0 radical (unpaired) electrons. The summed E-state index contributed by atoms with van der Waals surface area (Å²) in [4.78, 5) is 20.5. The van der Waals surface area contributed by atoms with Crippen molar-refractivity contribution >= 4 is 22.7 Å². The fourth-order valence-electron chi connectivity index (χ4n) is 2.44. The third-order valence-electron chi connectivity index (χ3n) is 3.51. The predicted molar refractivity (Wildman–Crippen MR) is 90.5 cm³/mol. The van der Waals surface area contributed by atoms with Crippen LogP contribution in [0.3, 0.4) is 0 Å². The van der Waals surface area contributed by atoms with Crippen molar-refractivity contribution in [3.63, 3.8) is 0 Å². The van der Waals surface area contributed by atoms with Crippen molar-refractivity contribution in [3.8, 4) is 5.75 Å². The zero-order valence-electron chi connectivity index (χ0n) is 13.7. The average Bonchev–Trinajstić information content (AvgIpc) is 2.58. The molecular formula is C17H15F3N4O2. The molecule has 136 valence electrons. The number of pyridine rings is 1. The first kappa shape index (κ1) is 17.7. The smallest absolute Gasteiger partial charge is 0.406 e. The Morgan fingerprint density at radius 3 is 2.54 bits per heavy atom. The quantitative estimate of drug-likeness (QED) is 0.745. The Morgan fingerprint density at radius 1 is 1.15 bits per heavy atom. The van der Waals surface area contributed by atoms with Gasteiger partial charge >= 0.3 is 6.36 Å². The minimum absolute atomic E-state index is 0.155. The van der Waals surface area contributed by atoms with Gasteiger partial charge in [-0.3, -0.25) is 9.36 Å². The summed E-state index contributed by atoms with van der Waals surface area (Å²) in [6, 6.07) is 8.32. The third-order valence-corrected chi connectivity index (χ3v) is 3.51. The lowest BCUT2D eigenvalue weighted by molar-refractivity contribution is -0.274. The molecule has 0 fully saturated rings. The van der Waals surface area contributed by atoms with Gasteiger partial charge in [-0.1, -0.05) is 6.92 Å². The number of aryl methyl sites for hydroxylation is 1. The Morgan fingerprint density at radius 2 is 1.88 bits per heavy atom. The second kappa shape index (κ2) is 7.03. The molecule has 0 saturated heterocycles. The van der Waals surface area contributed by atoms with E-state index in [-0.39, 0.29) is 17.3 Å². The number of nitrogens with one attached hydrogen (secondary N) is 1. The number of aromatic nitrogens is 3. The number of anilines is 2. The Bertz CT molecular complexity index is 968. The highest BCUT2D eigenvalue weighted by atomic mass is 19.4. The molecule has 0 amide bonds. The summed E-state index contributed by atoms with van der Waals surface area (Å²) < 4.78 is 41.9. The van der Waals surface area contributed by atoms with E-state index in [9.17, 15) is 18.0 Å². The van der Waals surface area contributed by atoms with E-state index in [0.717, 1.165) is 11.8 Å². The van der Waals surface area contributed by atoms with Crippen molar-refractivity contribution in [1.29, 1.82) is 0 Å². The van der Waals surface area contributed by atoms with Crippen LogP contribution in [0.15, 0.2) is 47.4 Å². The largest absolute Gasteiger partial charge is 0.573 e. The number of hydrogen-bond donors (Lipinski definition) is 1. The number of benzene rings is 1. The van der Waals surface area contributed by atoms with E-state index in [1.165, 1.54) is 30.3 Å². The lowest BCUT2D eigenvalue weighted by Gasteiger charge is -2.11. The second-order valence-corrected chi connectivity index (χ2v) is 5.49. The maximum Gasteiger partial charge on any atom is 0.573 e. The minimum Gasteiger partial charge on any atom is -0.406 e. The average molecular weight is 364 g/mol. The van der Waals surface area contributed by atoms with Crippen LogP contribution in [0.2, 0.25) is 0 Å². The van der Waals surface area contributed by atoms with E-state index in [0.29, 0.717) is 17.9 Å². The van der Waals surface area contributed by atoms with Crippen LogP contribution in [-0.4, -0.2) is 20.9 Å². The van der Waals surface area contributed by atoms with Crippen LogP contribution in [0.5, 0.6) is 5.75 Å². The van der Waals surface area contributed by atoms with Crippen LogP contribution < -0.4 is 15.6 Å². The van der Waals surface area contributed by atoms with Crippen molar-refractivity contribution in [3.05, 3.63) is 52.9 Å². The maximum absolute atomic E-state index is 12.2. The zero-order valence-corrected chi connectivity index (χ0v) is 13.7. The molecule has 0 unspecified atom stereocenters. The Kier molecular flexibility index (Phi) is 4.79. The first-order valence-corrected chi connectivity index (χ1v) is 7.85. The molecular weight excluding hydrogens is 349 g/mol. The fourth-order valence-corrected chi connectivity index (χ4v) is 2.44. The van der Waals surface area contributed by atoms with Crippen molar-refractivity contribution in [2.45, 2.75) is 26.3 Å². The van der Waals surface area contributed by atoms with E-state index in [2.05, 4.69) is 20.0 Å². The van der Waals surface area contributed by atoms with Crippen molar-refractivity contribution < 1.29 is 17.9 Å². The van der Waals surface area contributed by atoms with E-state index in [4.69, 9.17) is 0 Å². The zero-order chi connectivity index (χ0) is 18.7. The molecule has 26 heavy (non-hydrogen) atoms. The lowest BCUT2D eigenvalue weighted by Crippen LogP contribution is -2.20. The molecule has 0 atom stereocenters. The minimum atomic E-state index is -4.74. The number of nitrogens with zero attached hydrogens (tertiary/aromatic N) is 3. The van der Waals surface area contributed by atoms with Gasteiger partial charge in [0.1, 0.15) is 11.4 Å².